The molecule has 0 aliphatic heterocycles. The molecule has 0 unspecified atom stereocenters. The molecule has 4 heteroatoms. The van der Waals surface area contributed by atoms with E-state index in [1.165, 1.54) is 0 Å². The van der Waals surface area contributed by atoms with Crippen molar-refractivity contribution in [1.82, 2.24) is 9.88 Å². The van der Waals surface area contributed by atoms with Gasteiger partial charge in [0.05, 0.1) is 17.4 Å². The summed E-state index contributed by atoms with van der Waals surface area (Å²) in [5, 5.41) is 3.25. The van der Waals surface area contributed by atoms with Crippen LogP contribution in [0.25, 0.3) is 0 Å². The molecule has 3 aromatic rings. The fraction of sp³-hybridized carbons (Fsp3) is 0.100. The van der Waals surface area contributed by atoms with Crippen molar-refractivity contribution >= 4 is 17.3 Å². The van der Waals surface area contributed by atoms with Crippen molar-refractivity contribution in [3.05, 3.63) is 90.3 Å². The molecule has 0 radical (unpaired) electrons. The number of nitrogens with zero attached hydrogens (tertiary/aromatic N) is 2. The Kier molecular flexibility index (Phi) is 4.87. The van der Waals surface area contributed by atoms with Crippen molar-refractivity contribution < 1.29 is 4.79 Å². The lowest BCUT2D eigenvalue weighted by molar-refractivity contribution is 0.0784. The van der Waals surface area contributed by atoms with Gasteiger partial charge in [-0.25, -0.2) is 0 Å². The first-order chi connectivity index (χ1) is 11.7. The summed E-state index contributed by atoms with van der Waals surface area (Å²) >= 11 is 0. The second-order valence-corrected chi connectivity index (χ2v) is 5.60. The van der Waals surface area contributed by atoms with Crippen LogP contribution in [0.4, 0.5) is 11.4 Å². The Morgan fingerprint density at radius 1 is 0.958 bits per heavy atom. The van der Waals surface area contributed by atoms with Gasteiger partial charge >= 0.3 is 0 Å². The summed E-state index contributed by atoms with van der Waals surface area (Å²) in [5.41, 5.74) is 3.41. The lowest BCUT2D eigenvalue weighted by Gasteiger charge is -2.17. The van der Waals surface area contributed by atoms with E-state index in [0.29, 0.717) is 12.1 Å². The number of hydrogen-bond donors (Lipinski definition) is 1. The molecule has 24 heavy (non-hydrogen) atoms. The molecule has 2 aromatic carbocycles. The smallest absolute Gasteiger partial charge is 0.255 e. The zero-order chi connectivity index (χ0) is 16.8. The van der Waals surface area contributed by atoms with E-state index >= 15 is 0 Å². The van der Waals surface area contributed by atoms with Crippen LogP contribution >= 0.6 is 0 Å². The van der Waals surface area contributed by atoms with Crippen LogP contribution in [0.2, 0.25) is 0 Å². The maximum Gasteiger partial charge on any atom is 0.255 e. The number of carbonyl (C=O) groups excluding carboxylic acids is 1. The molecule has 0 fully saturated rings. The molecule has 0 aliphatic rings. The summed E-state index contributed by atoms with van der Waals surface area (Å²) in [6.07, 6.45) is 3.31. The van der Waals surface area contributed by atoms with Gasteiger partial charge in [-0.2, -0.15) is 0 Å². The zero-order valence-corrected chi connectivity index (χ0v) is 13.5. The maximum absolute atomic E-state index is 12.6. The highest BCUT2D eigenvalue weighted by molar-refractivity contribution is 5.94. The number of hydrogen-bond acceptors (Lipinski definition) is 3. The van der Waals surface area contributed by atoms with Crippen molar-refractivity contribution in [3.63, 3.8) is 0 Å². The molecule has 0 saturated carbocycles. The van der Waals surface area contributed by atoms with Crippen LogP contribution in [0.1, 0.15) is 15.9 Å². The predicted molar refractivity (Wildman–Crippen MR) is 96.2 cm³/mol. The lowest BCUT2D eigenvalue weighted by Crippen LogP contribution is -2.26. The Morgan fingerprint density at radius 3 is 2.33 bits per heavy atom. The third-order valence-electron chi connectivity index (χ3n) is 3.66. The molecule has 3 rings (SSSR count). The number of aromatic nitrogens is 1. The third-order valence-corrected chi connectivity index (χ3v) is 3.66. The number of carbonyl (C=O) groups is 1. The average molecular weight is 317 g/mol. The van der Waals surface area contributed by atoms with Gasteiger partial charge in [0.25, 0.3) is 5.91 Å². The van der Waals surface area contributed by atoms with Gasteiger partial charge < -0.3 is 10.2 Å². The van der Waals surface area contributed by atoms with Crippen LogP contribution in [-0.4, -0.2) is 22.8 Å². The average Bonchev–Trinajstić information content (AvgIpc) is 2.63. The minimum absolute atomic E-state index is 0.0527. The minimum atomic E-state index is -0.0527. The molecule has 0 spiro atoms. The van der Waals surface area contributed by atoms with E-state index in [9.17, 15) is 4.79 Å². The SMILES string of the molecule is CN(Cc1ccccc1)C(=O)c1cncc(Nc2ccccc2)c1. The highest BCUT2D eigenvalue weighted by Crippen LogP contribution is 2.17. The summed E-state index contributed by atoms with van der Waals surface area (Å²) in [5.74, 6) is -0.0527. The van der Waals surface area contributed by atoms with Gasteiger partial charge in [-0.15, -0.1) is 0 Å². The zero-order valence-electron chi connectivity index (χ0n) is 13.5. The van der Waals surface area contributed by atoms with E-state index in [0.717, 1.165) is 16.9 Å². The fourth-order valence-corrected chi connectivity index (χ4v) is 2.46. The van der Waals surface area contributed by atoms with Crippen LogP contribution in [-0.2, 0) is 6.54 Å². The van der Waals surface area contributed by atoms with Crippen molar-refractivity contribution in [2.24, 2.45) is 0 Å². The van der Waals surface area contributed by atoms with Crippen molar-refractivity contribution in [2.45, 2.75) is 6.54 Å². The van der Waals surface area contributed by atoms with Gasteiger partial charge in [-0.05, 0) is 23.8 Å². The number of rotatable bonds is 5. The van der Waals surface area contributed by atoms with Crippen LogP contribution in [0.3, 0.4) is 0 Å². The first kappa shape index (κ1) is 15.7. The Balaban J connectivity index is 1.72. The van der Waals surface area contributed by atoms with E-state index < -0.39 is 0 Å². The molecular weight excluding hydrogens is 298 g/mol. The monoisotopic (exact) mass is 317 g/mol. The van der Waals surface area contributed by atoms with E-state index in [-0.39, 0.29) is 5.91 Å². The van der Waals surface area contributed by atoms with Crippen LogP contribution < -0.4 is 5.32 Å². The molecule has 1 N–H and O–H groups in total. The molecule has 1 heterocycles. The Labute approximate surface area is 141 Å². The first-order valence-corrected chi connectivity index (χ1v) is 7.79. The van der Waals surface area contributed by atoms with Gasteiger partial charge in [0.1, 0.15) is 0 Å². The second-order valence-electron chi connectivity index (χ2n) is 5.60. The van der Waals surface area contributed by atoms with Crippen LogP contribution in [0, 0.1) is 0 Å². The van der Waals surface area contributed by atoms with Crippen LogP contribution in [0.5, 0.6) is 0 Å². The molecule has 0 atom stereocenters. The number of para-hydroxylation sites is 1. The molecule has 0 saturated heterocycles. The van der Waals surface area contributed by atoms with Gasteiger partial charge in [-0.1, -0.05) is 48.5 Å². The maximum atomic E-state index is 12.6. The molecule has 1 amide bonds. The van der Waals surface area contributed by atoms with Crippen molar-refractivity contribution in [1.29, 1.82) is 0 Å². The lowest BCUT2D eigenvalue weighted by atomic mass is 10.2. The van der Waals surface area contributed by atoms with E-state index in [1.807, 2.05) is 66.7 Å². The van der Waals surface area contributed by atoms with Gasteiger partial charge in [-0.3, -0.25) is 9.78 Å². The first-order valence-electron chi connectivity index (χ1n) is 7.79. The summed E-state index contributed by atoms with van der Waals surface area (Å²) in [4.78, 5) is 18.5. The van der Waals surface area contributed by atoms with Crippen molar-refractivity contribution in [2.75, 3.05) is 12.4 Å². The number of anilines is 2. The van der Waals surface area contributed by atoms with Gasteiger partial charge in [0, 0.05) is 25.5 Å². The quantitative estimate of drug-likeness (QED) is 0.770. The largest absolute Gasteiger partial charge is 0.354 e. The Hall–Kier alpha value is -3.14. The Bertz CT molecular complexity index is 803. The number of pyridine rings is 1. The summed E-state index contributed by atoms with van der Waals surface area (Å²) in [6, 6.07) is 21.6. The van der Waals surface area contributed by atoms with Gasteiger partial charge in [0.15, 0.2) is 0 Å². The van der Waals surface area contributed by atoms with Gasteiger partial charge in [0.2, 0.25) is 0 Å². The van der Waals surface area contributed by atoms with E-state index in [1.54, 1.807) is 24.3 Å². The fourth-order valence-electron chi connectivity index (χ4n) is 2.46. The molecule has 120 valence electrons. The highest BCUT2D eigenvalue weighted by Gasteiger charge is 2.13. The Morgan fingerprint density at radius 2 is 1.62 bits per heavy atom. The molecular formula is C20H19N3O. The highest BCUT2D eigenvalue weighted by atomic mass is 16.2. The minimum Gasteiger partial charge on any atom is -0.354 e. The van der Waals surface area contributed by atoms with Crippen LogP contribution in [0.15, 0.2) is 79.1 Å². The molecule has 4 nitrogen and oxygen atoms in total. The summed E-state index contributed by atoms with van der Waals surface area (Å²) < 4.78 is 0. The standard InChI is InChI=1S/C20H19N3O/c1-23(15-16-8-4-2-5-9-16)20(24)17-12-19(14-21-13-17)22-18-10-6-3-7-11-18/h2-14,22H,15H2,1H3. The molecule has 0 aliphatic carbocycles. The van der Waals surface area contributed by atoms with Crippen molar-refractivity contribution in [3.8, 4) is 0 Å². The topological polar surface area (TPSA) is 45.2 Å². The number of nitrogens with one attached hydrogen (secondary N) is 1. The third kappa shape index (κ3) is 3.98. The predicted octanol–water partition coefficient (Wildman–Crippen LogP) is 4.10. The molecule has 1 aromatic heterocycles. The number of amides is 1. The second kappa shape index (κ2) is 7.42. The van der Waals surface area contributed by atoms with E-state index in [4.69, 9.17) is 0 Å². The summed E-state index contributed by atoms with van der Waals surface area (Å²) in [7, 11) is 1.80. The summed E-state index contributed by atoms with van der Waals surface area (Å²) in [6.45, 7) is 0.565. The molecule has 0 bridgehead atoms. The normalized spacial score (nSPS) is 10.2. The number of benzene rings is 2. The van der Waals surface area contributed by atoms with E-state index in [2.05, 4.69) is 10.3 Å².